The quantitative estimate of drug-likeness (QED) is 0.334. The molecule has 1 saturated heterocycles. The van der Waals surface area contributed by atoms with Crippen molar-refractivity contribution in [3.8, 4) is 5.75 Å². The molecule has 2 fully saturated rings. The van der Waals surface area contributed by atoms with Crippen molar-refractivity contribution < 1.29 is 14.3 Å². The summed E-state index contributed by atoms with van der Waals surface area (Å²) in [6.07, 6.45) is 5.19. The summed E-state index contributed by atoms with van der Waals surface area (Å²) in [6, 6.07) is 7.80. The van der Waals surface area contributed by atoms with Crippen LogP contribution in [0.25, 0.3) is 0 Å². The van der Waals surface area contributed by atoms with Gasteiger partial charge in [0.1, 0.15) is 5.75 Å². The van der Waals surface area contributed by atoms with Gasteiger partial charge in [-0.25, -0.2) is 0 Å². The Bertz CT molecular complexity index is 787. The third-order valence-corrected chi connectivity index (χ3v) is 6.03. The summed E-state index contributed by atoms with van der Waals surface area (Å²) in [5.41, 5.74) is 1.10. The number of nitrogens with one attached hydrogen (secondary N) is 2. The molecule has 0 aromatic heterocycles. The maximum Gasteiger partial charge on any atom is 0.233 e. The average Bonchev–Trinajstić information content (AvgIpc) is 3.40. The molecule has 1 saturated carbocycles. The SMILES string of the molecule is CN=C(NCCN1C(=O)C2C3C=CC(C3)C2C1=O)NCc1ccc(OC)cc1. The third-order valence-electron chi connectivity index (χ3n) is 6.03. The molecule has 7 heteroatoms. The predicted octanol–water partition coefficient (Wildman–Crippen LogP) is 1.17. The Labute approximate surface area is 164 Å². The first kappa shape index (κ1) is 18.5. The predicted molar refractivity (Wildman–Crippen MR) is 106 cm³/mol. The van der Waals surface area contributed by atoms with Crippen molar-refractivity contribution in [2.45, 2.75) is 13.0 Å². The third kappa shape index (κ3) is 3.25. The molecular weight excluding hydrogens is 356 g/mol. The fourth-order valence-corrected chi connectivity index (χ4v) is 4.62. The van der Waals surface area contributed by atoms with E-state index >= 15 is 0 Å². The summed E-state index contributed by atoms with van der Waals surface area (Å²) in [5, 5.41) is 6.42. The van der Waals surface area contributed by atoms with Crippen LogP contribution in [-0.4, -0.2) is 49.9 Å². The zero-order chi connectivity index (χ0) is 19.7. The van der Waals surface area contributed by atoms with Crippen molar-refractivity contribution in [2.24, 2.45) is 28.7 Å². The lowest BCUT2D eigenvalue weighted by Gasteiger charge is -2.18. The number of hydrogen-bond donors (Lipinski definition) is 2. The fourth-order valence-electron chi connectivity index (χ4n) is 4.62. The highest BCUT2D eigenvalue weighted by atomic mass is 16.5. The van der Waals surface area contributed by atoms with Crippen LogP contribution in [0.2, 0.25) is 0 Å². The highest BCUT2D eigenvalue weighted by Gasteiger charge is 2.58. The van der Waals surface area contributed by atoms with Crippen LogP contribution in [0.3, 0.4) is 0 Å². The number of carbonyl (C=O) groups is 2. The molecule has 2 N–H and O–H groups in total. The van der Waals surface area contributed by atoms with E-state index in [-0.39, 0.29) is 35.5 Å². The molecule has 7 nitrogen and oxygen atoms in total. The second-order valence-electron chi connectivity index (χ2n) is 7.53. The minimum absolute atomic E-state index is 0.00479. The van der Waals surface area contributed by atoms with Crippen molar-refractivity contribution in [3.05, 3.63) is 42.0 Å². The summed E-state index contributed by atoms with van der Waals surface area (Å²) in [5.74, 6) is 1.69. The molecule has 2 amide bonds. The maximum atomic E-state index is 12.7. The summed E-state index contributed by atoms with van der Waals surface area (Å²) < 4.78 is 5.16. The van der Waals surface area contributed by atoms with Gasteiger partial charge >= 0.3 is 0 Å². The van der Waals surface area contributed by atoms with Gasteiger partial charge in [-0.05, 0) is 36.0 Å². The molecule has 1 aliphatic heterocycles. The van der Waals surface area contributed by atoms with Gasteiger partial charge in [0.25, 0.3) is 0 Å². The molecule has 1 aromatic rings. The Morgan fingerprint density at radius 2 is 1.75 bits per heavy atom. The maximum absolute atomic E-state index is 12.7. The molecule has 2 aliphatic carbocycles. The number of guanidine groups is 1. The van der Waals surface area contributed by atoms with Crippen molar-refractivity contribution in [1.82, 2.24) is 15.5 Å². The number of methoxy groups -OCH3 is 1. The average molecular weight is 382 g/mol. The number of carbonyl (C=O) groups excluding carboxylic acids is 2. The Hall–Kier alpha value is -2.83. The van der Waals surface area contributed by atoms with Gasteiger partial charge in [-0.3, -0.25) is 19.5 Å². The van der Waals surface area contributed by atoms with Gasteiger partial charge in [-0.15, -0.1) is 0 Å². The van der Waals surface area contributed by atoms with Crippen molar-refractivity contribution in [1.29, 1.82) is 0 Å². The standard InChI is InChI=1S/C21H26N4O3/c1-22-21(24-12-13-3-7-16(28-2)8-4-13)23-9-10-25-19(26)17-14-5-6-15(11-14)18(17)20(25)27/h3-8,14-15,17-18H,9-12H2,1-2H3,(H2,22,23,24). The normalized spacial score (nSPS) is 28.1. The van der Waals surface area contributed by atoms with Gasteiger partial charge in [0.2, 0.25) is 11.8 Å². The topological polar surface area (TPSA) is 83.0 Å². The van der Waals surface area contributed by atoms with E-state index in [1.165, 1.54) is 4.90 Å². The van der Waals surface area contributed by atoms with E-state index in [0.29, 0.717) is 25.6 Å². The summed E-state index contributed by atoms with van der Waals surface area (Å²) >= 11 is 0. The van der Waals surface area contributed by atoms with Gasteiger partial charge in [-0.1, -0.05) is 24.3 Å². The molecule has 4 unspecified atom stereocenters. The Kier molecular flexibility index (Phi) is 5.07. The van der Waals surface area contributed by atoms with Gasteiger partial charge < -0.3 is 15.4 Å². The number of benzene rings is 1. The van der Waals surface area contributed by atoms with Crippen LogP contribution >= 0.6 is 0 Å². The van der Waals surface area contributed by atoms with Crippen molar-refractivity contribution in [3.63, 3.8) is 0 Å². The summed E-state index contributed by atoms with van der Waals surface area (Å²) in [4.78, 5) is 31.0. The number of hydrogen-bond acceptors (Lipinski definition) is 4. The number of likely N-dealkylation sites (tertiary alicyclic amines) is 1. The lowest BCUT2D eigenvalue weighted by atomic mass is 9.85. The second-order valence-corrected chi connectivity index (χ2v) is 7.53. The van der Waals surface area contributed by atoms with E-state index in [1.807, 2.05) is 24.3 Å². The monoisotopic (exact) mass is 382 g/mol. The number of ether oxygens (including phenoxy) is 1. The number of rotatable bonds is 6. The molecule has 28 heavy (non-hydrogen) atoms. The van der Waals surface area contributed by atoms with Crippen LogP contribution in [0.4, 0.5) is 0 Å². The molecule has 1 aromatic carbocycles. The molecule has 0 radical (unpaired) electrons. The van der Waals surface area contributed by atoms with E-state index in [0.717, 1.165) is 17.7 Å². The van der Waals surface area contributed by atoms with E-state index in [2.05, 4.69) is 27.8 Å². The molecule has 4 rings (SSSR count). The molecule has 0 spiro atoms. The van der Waals surface area contributed by atoms with Crippen LogP contribution in [0.5, 0.6) is 5.75 Å². The summed E-state index contributed by atoms with van der Waals surface area (Å²) in [6.45, 7) is 1.46. The number of allylic oxidation sites excluding steroid dienone is 2. The molecule has 2 bridgehead atoms. The van der Waals surface area contributed by atoms with Gasteiger partial charge in [-0.2, -0.15) is 0 Å². The van der Waals surface area contributed by atoms with Gasteiger partial charge in [0.05, 0.1) is 18.9 Å². The lowest BCUT2D eigenvalue weighted by Crippen LogP contribution is -2.43. The second kappa shape index (κ2) is 7.66. The number of aliphatic imine (C=N–C) groups is 1. The molecule has 3 aliphatic rings. The Balaban J connectivity index is 1.26. The van der Waals surface area contributed by atoms with Crippen molar-refractivity contribution >= 4 is 17.8 Å². The largest absolute Gasteiger partial charge is 0.497 e. The lowest BCUT2D eigenvalue weighted by molar-refractivity contribution is -0.140. The summed E-state index contributed by atoms with van der Waals surface area (Å²) in [7, 11) is 3.34. The van der Waals surface area contributed by atoms with Gasteiger partial charge in [0.15, 0.2) is 5.96 Å². The van der Waals surface area contributed by atoms with Crippen LogP contribution in [-0.2, 0) is 16.1 Å². The Morgan fingerprint density at radius 1 is 1.11 bits per heavy atom. The van der Waals surface area contributed by atoms with Gasteiger partial charge in [0, 0.05) is 26.7 Å². The first-order valence-corrected chi connectivity index (χ1v) is 9.73. The number of nitrogens with zero attached hydrogens (tertiary/aromatic N) is 2. The van der Waals surface area contributed by atoms with Crippen molar-refractivity contribution in [2.75, 3.05) is 27.2 Å². The fraction of sp³-hybridized carbons (Fsp3) is 0.476. The van der Waals surface area contributed by atoms with Crippen LogP contribution in [0, 0.1) is 23.7 Å². The molecular formula is C21H26N4O3. The Morgan fingerprint density at radius 3 is 2.32 bits per heavy atom. The molecule has 148 valence electrons. The number of fused-ring (bicyclic) bond motifs is 5. The number of imide groups is 1. The van der Waals surface area contributed by atoms with Crippen LogP contribution in [0.15, 0.2) is 41.4 Å². The highest BCUT2D eigenvalue weighted by Crippen LogP contribution is 2.52. The smallest absolute Gasteiger partial charge is 0.233 e. The molecule has 4 atom stereocenters. The first-order valence-electron chi connectivity index (χ1n) is 9.73. The zero-order valence-corrected chi connectivity index (χ0v) is 16.2. The zero-order valence-electron chi connectivity index (χ0n) is 16.2. The first-order chi connectivity index (χ1) is 13.6. The molecule has 1 heterocycles. The minimum Gasteiger partial charge on any atom is -0.497 e. The minimum atomic E-state index is -0.130. The van der Waals surface area contributed by atoms with Crippen LogP contribution < -0.4 is 15.4 Å². The highest BCUT2D eigenvalue weighted by molar-refractivity contribution is 6.06. The van der Waals surface area contributed by atoms with E-state index in [9.17, 15) is 9.59 Å². The van der Waals surface area contributed by atoms with E-state index in [4.69, 9.17) is 4.74 Å². The van der Waals surface area contributed by atoms with E-state index < -0.39 is 0 Å². The van der Waals surface area contributed by atoms with E-state index in [1.54, 1.807) is 14.2 Å². The number of amides is 2. The van der Waals surface area contributed by atoms with Crippen LogP contribution in [0.1, 0.15) is 12.0 Å².